The minimum atomic E-state index is 0.0422. The number of nitrogens with two attached hydrogens (primary N) is 1. The second-order valence-electron chi connectivity index (χ2n) is 4.80. The van der Waals surface area contributed by atoms with Crippen LogP contribution in [-0.2, 0) is 5.75 Å². The van der Waals surface area contributed by atoms with Gasteiger partial charge in [0.25, 0.3) is 0 Å². The standard InChI is InChI=1S/C17H18N2OS/c1-12(19)14-4-3-5-16(9-14)21-11-13-6-7-15(10-18)17(8-13)20-2/h3-9,12H,11,19H2,1-2H3. The van der Waals surface area contributed by atoms with Crippen molar-refractivity contribution < 1.29 is 4.74 Å². The third kappa shape index (κ3) is 4.01. The van der Waals surface area contributed by atoms with Gasteiger partial charge < -0.3 is 10.5 Å². The summed E-state index contributed by atoms with van der Waals surface area (Å²) in [6.07, 6.45) is 0. The molecule has 0 bridgehead atoms. The highest BCUT2D eigenvalue weighted by molar-refractivity contribution is 7.98. The summed E-state index contributed by atoms with van der Waals surface area (Å²) in [6, 6.07) is 16.1. The van der Waals surface area contributed by atoms with E-state index in [0.717, 1.165) is 16.9 Å². The van der Waals surface area contributed by atoms with E-state index in [4.69, 9.17) is 15.7 Å². The molecule has 3 nitrogen and oxygen atoms in total. The third-order valence-electron chi connectivity index (χ3n) is 3.18. The number of hydrogen-bond donors (Lipinski definition) is 1. The van der Waals surface area contributed by atoms with Crippen molar-refractivity contribution in [2.45, 2.75) is 23.6 Å². The fraction of sp³-hybridized carbons (Fsp3) is 0.235. The van der Waals surface area contributed by atoms with Crippen LogP contribution in [-0.4, -0.2) is 7.11 Å². The van der Waals surface area contributed by atoms with Crippen molar-refractivity contribution in [2.24, 2.45) is 5.73 Å². The van der Waals surface area contributed by atoms with Crippen molar-refractivity contribution in [3.8, 4) is 11.8 Å². The maximum absolute atomic E-state index is 8.98. The van der Waals surface area contributed by atoms with Gasteiger partial charge in [-0.2, -0.15) is 5.26 Å². The van der Waals surface area contributed by atoms with Crippen LogP contribution >= 0.6 is 11.8 Å². The molecule has 0 heterocycles. The van der Waals surface area contributed by atoms with E-state index in [-0.39, 0.29) is 6.04 Å². The number of rotatable bonds is 5. The van der Waals surface area contributed by atoms with Crippen LogP contribution in [0.5, 0.6) is 5.75 Å². The Labute approximate surface area is 129 Å². The molecule has 0 saturated heterocycles. The van der Waals surface area contributed by atoms with Gasteiger partial charge in [0, 0.05) is 16.7 Å². The van der Waals surface area contributed by atoms with Gasteiger partial charge in [0.1, 0.15) is 11.8 Å². The molecular formula is C17H18N2OS. The van der Waals surface area contributed by atoms with E-state index in [0.29, 0.717) is 11.3 Å². The van der Waals surface area contributed by atoms with E-state index in [1.165, 1.54) is 4.90 Å². The van der Waals surface area contributed by atoms with Crippen molar-refractivity contribution in [2.75, 3.05) is 7.11 Å². The molecule has 4 heteroatoms. The van der Waals surface area contributed by atoms with E-state index in [2.05, 4.69) is 18.2 Å². The zero-order valence-corrected chi connectivity index (χ0v) is 13.0. The Morgan fingerprint density at radius 2 is 2.10 bits per heavy atom. The van der Waals surface area contributed by atoms with Gasteiger partial charge >= 0.3 is 0 Å². The topological polar surface area (TPSA) is 59.0 Å². The Hall–Kier alpha value is -1.96. The Balaban J connectivity index is 2.10. The van der Waals surface area contributed by atoms with E-state index < -0.39 is 0 Å². The smallest absolute Gasteiger partial charge is 0.136 e. The number of nitriles is 1. The van der Waals surface area contributed by atoms with E-state index in [1.807, 2.05) is 31.2 Å². The van der Waals surface area contributed by atoms with Gasteiger partial charge in [-0.3, -0.25) is 0 Å². The van der Waals surface area contributed by atoms with E-state index in [9.17, 15) is 0 Å². The van der Waals surface area contributed by atoms with E-state index in [1.54, 1.807) is 24.9 Å². The lowest BCUT2D eigenvalue weighted by Crippen LogP contribution is -2.04. The summed E-state index contributed by atoms with van der Waals surface area (Å²) in [6.45, 7) is 1.98. The fourth-order valence-electron chi connectivity index (χ4n) is 1.97. The molecule has 0 fully saturated rings. The van der Waals surface area contributed by atoms with Gasteiger partial charge in [-0.05, 0) is 42.3 Å². The summed E-state index contributed by atoms with van der Waals surface area (Å²) in [7, 11) is 1.58. The normalized spacial score (nSPS) is 11.7. The predicted octanol–water partition coefficient (Wildman–Crippen LogP) is 3.88. The highest BCUT2D eigenvalue weighted by Crippen LogP contribution is 2.27. The minimum absolute atomic E-state index is 0.0422. The molecule has 0 amide bonds. The molecule has 0 radical (unpaired) electrons. The van der Waals surface area contributed by atoms with Crippen LogP contribution in [0, 0.1) is 11.3 Å². The van der Waals surface area contributed by atoms with Crippen LogP contribution in [0.2, 0.25) is 0 Å². The maximum Gasteiger partial charge on any atom is 0.136 e. The van der Waals surface area contributed by atoms with Crippen LogP contribution in [0.4, 0.5) is 0 Å². The average Bonchev–Trinajstić information content (AvgIpc) is 2.52. The summed E-state index contributed by atoms with van der Waals surface area (Å²) in [5.41, 5.74) is 8.73. The molecule has 0 saturated carbocycles. The first-order chi connectivity index (χ1) is 10.1. The molecule has 2 N–H and O–H groups in total. The lowest BCUT2D eigenvalue weighted by molar-refractivity contribution is 0.413. The highest BCUT2D eigenvalue weighted by Gasteiger charge is 2.05. The molecule has 2 aromatic carbocycles. The maximum atomic E-state index is 8.98. The highest BCUT2D eigenvalue weighted by atomic mass is 32.2. The number of nitrogens with zero attached hydrogens (tertiary/aromatic N) is 1. The summed E-state index contributed by atoms with van der Waals surface area (Å²) in [4.78, 5) is 1.19. The zero-order chi connectivity index (χ0) is 15.2. The Morgan fingerprint density at radius 3 is 2.76 bits per heavy atom. The van der Waals surface area contributed by atoms with Crippen molar-refractivity contribution in [3.63, 3.8) is 0 Å². The second-order valence-corrected chi connectivity index (χ2v) is 5.85. The zero-order valence-electron chi connectivity index (χ0n) is 12.2. The molecular weight excluding hydrogens is 280 g/mol. The minimum Gasteiger partial charge on any atom is -0.495 e. The summed E-state index contributed by atoms with van der Waals surface area (Å²) in [5.74, 6) is 1.45. The third-order valence-corrected chi connectivity index (χ3v) is 4.24. The lowest BCUT2D eigenvalue weighted by atomic mass is 10.1. The molecule has 21 heavy (non-hydrogen) atoms. The Kier molecular flexibility index (Phi) is 5.26. The Morgan fingerprint density at radius 1 is 1.29 bits per heavy atom. The molecule has 2 aromatic rings. The van der Waals surface area contributed by atoms with Crippen LogP contribution in [0.15, 0.2) is 47.4 Å². The monoisotopic (exact) mass is 298 g/mol. The molecule has 2 rings (SSSR count). The largest absolute Gasteiger partial charge is 0.495 e. The van der Waals surface area contributed by atoms with Crippen molar-refractivity contribution in [1.82, 2.24) is 0 Å². The first-order valence-corrected chi connectivity index (χ1v) is 7.68. The van der Waals surface area contributed by atoms with Crippen molar-refractivity contribution in [3.05, 3.63) is 59.2 Å². The molecule has 0 spiro atoms. The fourth-order valence-corrected chi connectivity index (χ4v) is 2.88. The summed E-state index contributed by atoms with van der Waals surface area (Å²) >= 11 is 1.74. The van der Waals surface area contributed by atoms with Gasteiger partial charge in [-0.25, -0.2) is 0 Å². The van der Waals surface area contributed by atoms with Crippen molar-refractivity contribution >= 4 is 11.8 Å². The summed E-state index contributed by atoms with van der Waals surface area (Å²) in [5, 5.41) is 8.98. The number of ether oxygens (including phenoxy) is 1. The molecule has 1 unspecified atom stereocenters. The van der Waals surface area contributed by atoms with Gasteiger partial charge in [0.2, 0.25) is 0 Å². The van der Waals surface area contributed by atoms with Crippen LogP contribution in [0.1, 0.15) is 29.7 Å². The van der Waals surface area contributed by atoms with Crippen molar-refractivity contribution in [1.29, 1.82) is 5.26 Å². The molecule has 0 aliphatic carbocycles. The first-order valence-electron chi connectivity index (χ1n) is 6.69. The van der Waals surface area contributed by atoms with Crippen LogP contribution in [0.3, 0.4) is 0 Å². The van der Waals surface area contributed by atoms with Gasteiger partial charge in [0.15, 0.2) is 0 Å². The predicted molar refractivity (Wildman–Crippen MR) is 86.3 cm³/mol. The number of hydrogen-bond acceptors (Lipinski definition) is 4. The second kappa shape index (κ2) is 7.16. The van der Waals surface area contributed by atoms with E-state index >= 15 is 0 Å². The molecule has 0 aromatic heterocycles. The number of thioether (sulfide) groups is 1. The average molecular weight is 298 g/mol. The molecule has 1 atom stereocenters. The summed E-state index contributed by atoms with van der Waals surface area (Å²) < 4.78 is 5.23. The quantitative estimate of drug-likeness (QED) is 0.851. The first kappa shape index (κ1) is 15.4. The Bertz CT molecular complexity index is 662. The molecule has 0 aliphatic rings. The SMILES string of the molecule is COc1cc(CSc2cccc(C(C)N)c2)ccc1C#N. The lowest BCUT2D eigenvalue weighted by Gasteiger charge is -2.09. The van der Waals surface area contributed by atoms with Crippen LogP contribution < -0.4 is 10.5 Å². The molecule has 0 aliphatic heterocycles. The number of benzene rings is 2. The van der Waals surface area contributed by atoms with Gasteiger partial charge in [-0.1, -0.05) is 18.2 Å². The number of methoxy groups -OCH3 is 1. The van der Waals surface area contributed by atoms with Gasteiger partial charge in [0.05, 0.1) is 12.7 Å². The van der Waals surface area contributed by atoms with Gasteiger partial charge in [-0.15, -0.1) is 11.8 Å². The molecule has 108 valence electrons. The van der Waals surface area contributed by atoms with Crippen LogP contribution in [0.25, 0.3) is 0 Å².